The molecule has 0 aliphatic heterocycles. The second kappa shape index (κ2) is 5.36. The van der Waals surface area contributed by atoms with E-state index < -0.39 is 0 Å². The summed E-state index contributed by atoms with van der Waals surface area (Å²) < 4.78 is 2.02. The zero-order valence-electron chi connectivity index (χ0n) is 11.5. The SMILES string of the molecule is CNC(=O)NCc1nn(-c2ccccc2)c2c1CCC2. The average Bonchev–Trinajstić information content (AvgIpc) is 3.08. The lowest BCUT2D eigenvalue weighted by Gasteiger charge is -2.05. The van der Waals surface area contributed by atoms with Gasteiger partial charge in [0.2, 0.25) is 0 Å². The summed E-state index contributed by atoms with van der Waals surface area (Å²) in [5.41, 5.74) is 4.64. The minimum Gasteiger partial charge on any atom is -0.341 e. The van der Waals surface area contributed by atoms with Gasteiger partial charge in [0.1, 0.15) is 0 Å². The second-order valence-corrected chi connectivity index (χ2v) is 4.91. The average molecular weight is 270 g/mol. The van der Waals surface area contributed by atoms with Crippen molar-refractivity contribution < 1.29 is 4.79 Å². The number of para-hydroxylation sites is 1. The number of amides is 2. The number of urea groups is 1. The minimum absolute atomic E-state index is 0.175. The summed E-state index contributed by atoms with van der Waals surface area (Å²) in [5.74, 6) is 0. The number of aromatic nitrogens is 2. The van der Waals surface area contributed by atoms with Gasteiger partial charge >= 0.3 is 6.03 Å². The van der Waals surface area contributed by atoms with Crippen LogP contribution in [0.3, 0.4) is 0 Å². The molecule has 0 saturated carbocycles. The fourth-order valence-corrected chi connectivity index (χ4v) is 2.69. The summed E-state index contributed by atoms with van der Waals surface area (Å²) in [6, 6.07) is 9.97. The van der Waals surface area contributed by atoms with Gasteiger partial charge in [0.15, 0.2) is 0 Å². The Hall–Kier alpha value is -2.30. The third-order valence-corrected chi connectivity index (χ3v) is 3.66. The molecule has 1 aliphatic rings. The standard InChI is InChI=1S/C15H18N4O/c1-16-15(20)17-10-13-12-8-5-9-14(12)19(18-13)11-6-3-2-4-7-11/h2-4,6-7H,5,8-10H2,1H3,(H2,16,17,20). The van der Waals surface area contributed by atoms with Crippen LogP contribution in [0.1, 0.15) is 23.4 Å². The molecule has 2 aromatic rings. The molecule has 5 nitrogen and oxygen atoms in total. The van der Waals surface area contributed by atoms with Crippen LogP contribution in [0.25, 0.3) is 5.69 Å². The van der Waals surface area contributed by atoms with E-state index in [0.717, 1.165) is 30.6 Å². The highest BCUT2D eigenvalue weighted by atomic mass is 16.2. The van der Waals surface area contributed by atoms with Crippen LogP contribution in [0.2, 0.25) is 0 Å². The van der Waals surface area contributed by atoms with Crippen molar-refractivity contribution in [2.75, 3.05) is 7.05 Å². The van der Waals surface area contributed by atoms with Gasteiger partial charge in [0.25, 0.3) is 0 Å². The molecule has 5 heteroatoms. The van der Waals surface area contributed by atoms with Crippen molar-refractivity contribution in [3.8, 4) is 5.69 Å². The first-order valence-electron chi connectivity index (χ1n) is 6.90. The van der Waals surface area contributed by atoms with Crippen molar-refractivity contribution >= 4 is 6.03 Å². The van der Waals surface area contributed by atoms with Gasteiger partial charge in [-0.15, -0.1) is 0 Å². The lowest BCUT2D eigenvalue weighted by molar-refractivity contribution is 0.242. The highest BCUT2D eigenvalue weighted by Gasteiger charge is 2.22. The number of nitrogens with one attached hydrogen (secondary N) is 2. The molecule has 104 valence electrons. The van der Waals surface area contributed by atoms with Gasteiger partial charge < -0.3 is 10.6 Å². The summed E-state index contributed by atoms with van der Waals surface area (Å²) >= 11 is 0. The van der Waals surface area contributed by atoms with E-state index in [9.17, 15) is 4.79 Å². The van der Waals surface area contributed by atoms with Crippen LogP contribution in [0.4, 0.5) is 4.79 Å². The first-order chi connectivity index (χ1) is 9.79. The molecule has 1 heterocycles. The molecule has 2 amide bonds. The number of rotatable bonds is 3. The second-order valence-electron chi connectivity index (χ2n) is 4.91. The Balaban J connectivity index is 1.91. The zero-order chi connectivity index (χ0) is 13.9. The van der Waals surface area contributed by atoms with E-state index in [1.54, 1.807) is 7.05 Å². The topological polar surface area (TPSA) is 59.0 Å². The lowest BCUT2D eigenvalue weighted by Crippen LogP contribution is -2.32. The number of fused-ring (bicyclic) bond motifs is 1. The highest BCUT2D eigenvalue weighted by Crippen LogP contribution is 2.27. The minimum atomic E-state index is -0.175. The molecule has 0 atom stereocenters. The number of hydrogen-bond donors (Lipinski definition) is 2. The maximum Gasteiger partial charge on any atom is 0.314 e. The fourth-order valence-electron chi connectivity index (χ4n) is 2.69. The van der Waals surface area contributed by atoms with E-state index in [1.165, 1.54) is 11.3 Å². The summed E-state index contributed by atoms with van der Waals surface area (Å²) in [4.78, 5) is 11.3. The van der Waals surface area contributed by atoms with Crippen LogP contribution < -0.4 is 10.6 Å². The Morgan fingerprint density at radius 3 is 2.85 bits per heavy atom. The van der Waals surface area contributed by atoms with E-state index in [-0.39, 0.29) is 6.03 Å². The molecule has 3 rings (SSSR count). The zero-order valence-corrected chi connectivity index (χ0v) is 11.5. The molecular weight excluding hydrogens is 252 g/mol. The maximum absolute atomic E-state index is 11.3. The Labute approximate surface area is 118 Å². The monoisotopic (exact) mass is 270 g/mol. The van der Waals surface area contributed by atoms with Crippen molar-refractivity contribution in [3.63, 3.8) is 0 Å². The fraction of sp³-hybridized carbons (Fsp3) is 0.333. The number of carbonyl (C=O) groups is 1. The quantitative estimate of drug-likeness (QED) is 0.893. The van der Waals surface area contributed by atoms with Gasteiger partial charge in [-0.25, -0.2) is 9.48 Å². The van der Waals surface area contributed by atoms with Gasteiger partial charge in [-0.1, -0.05) is 18.2 Å². The normalized spacial score (nSPS) is 13.1. The molecule has 1 aromatic heterocycles. The van der Waals surface area contributed by atoms with E-state index in [4.69, 9.17) is 0 Å². The maximum atomic E-state index is 11.3. The smallest absolute Gasteiger partial charge is 0.314 e. The predicted octanol–water partition coefficient (Wildman–Crippen LogP) is 1.79. The first-order valence-corrected chi connectivity index (χ1v) is 6.90. The molecule has 0 bridgehead atoms. The number of nitrogens with zero attached hydrogens (tertiary/aromatic N) is 2. The van der Waals surface area contributed by atoms with Gasteiger partial charge in [-0.05, 0) is 37.0 Å². The molecular formula is C15H18N4O. The van der Waals surface area contributed by atoms with E-state index in [1.807, 2.05) is 22.9 Å². The molecule has 0 unspecified atom stereocenters. The summed E-state index contributed by atoms with van der Waals surface area (Å²) in [6.07, 6.45) is 3.26. The molecule has 1 aliphatic carbocycles. The van der Waals surface area contributed by atoms with Gasteiger partial charge in [-0.2, -0.15) is 5.10 Å². The van der Waals surface area contributed by atoms with Crippen LogP contribution in [0, 0.1) is 0 Å². The summed E-state index contributed by atoms with van der Waals surface area (Å²) in [7, 11) is 1.61. The van der Waals surface area contributed by atoms with Crippen LogP contribution in [0.15, 0.2) is 30.3 Å². The van der Waals surface area contributed by atoms with Gasteiger partial charge in [0, 0.05) is 12.7 Å². The Morgan fingerprint density at radius 1 is 1.30 bits per heavy atom. The van der Waals surface area contributed by atoms with Gasteiger partial charge in [0.05, 0.1) is 17.9 Å². The van der Waals surface area contributed by atoms with E-state index >= 15 is 0 Å². The van der Waals surface area contributed by atoms with Gasteiger partial charge in [-0.3, -0.25) is 0 Å². The van der Waals surface area contributed by atoms with Crippen molar-refractivity contribution in [1.29, 1.82) is 0 Å². The number of benzene rings is 1. The van der Waals surface area contributed by atoms with Crippen LogP contribution in [-0.2, 0) is 19.4 Å². The van der Waals surface area contributed by atoms with E-state index in [0.29, 0.717) is 6.54 Å². The van der Waals surface area contributed by atoms with E-state index in [2.05, 4.69) is 27.9 Å². The van der Waals surface area contributed by atoms with Crippen molar-refractivity contribution in [2.24, 2.45) is 0 Å². The highest BCUT2D eigenvalue weighted by molar-refractivity contribution is 5.73. The third-order valence-electron chi connectivity index (χ3n) is 3.66. The van der Waals surface area contributed by atoms with Crippen molar-refractivity contribution in [2.45, 2.75) is 25.8 Å². The molecule has 20 heavy (non-hydrogen) atoms. The van der Waals surface area contributed by atoms with Crippen LogP contribution >= 0.6 is 0 Å². The predicted molar refractivity (Wildman–Crippen MR) is 76.9 cm³/mol. The Kier molecular flexibility index (Phi) is 3.41. The lowest BCUT2D eigenvalue weighted by atomic mass is 10.2. The molecule has 0 saturated heterocycles. The first kappa shape index (κ1) is 12.7. The number of hydrogen-bond acceptors (Lipinski definition) is 2. The van der Waals surface area contributed by atoms with Crippen LogP contribution in [0.5, 0.6) is 0 Å². The summed E-state index contributed by atoms with van der Waals surface area (Å²) in [6.45, 7) is 0.474. The van der Waals surface area contributed by atoms with Crippen molar-refractivity contribution in [3.05, 3.63) is 47.3 Å². The molecule has 0 fully saturated rings. The Bertz CT molecular complexity index is 618. The Morgan fingerprint density at radius 2 is 2.10 bits per heavy atom. The largest absolute Gasteiger partial charge is 0.341 e. The molecule has 2 N–H and O–H groups in total. The van der Waals surface area contributed by atoms with Crippen LogP contribution in [-0.4, -0.2) is 22.9 Å². The molecule has 0 radical (unpaired) electrons. The number of carbonyl (C=O) groups excluding carboxylic acids is 1. The molecule has 1 aromatic carbocycles. The molecule has 0 spiro atoms. The third kappa shape index (κ3) is 2.27. The van der Waals surface area contributed by atoms with Crippen molar-refractivity contribution in [1.82, 2.24) is 20.4 Å². The summed E-state index contributed by atoms with van der Waals surface area (Å²) in [5, 5.41) is 10.1.